The first kappa shape index (κ1) is 20.5. The third-order valence-electron chi connectivity index (χ3n) is 3.49. The van der Waals surface area contributed by atoms with Crippen LogP contribution >= 0.6 is 0 Å². The molecule has 0 atom stereocenters. The van der Waals surface area contributed by atoms with E-state index in [2.05, 4.69) is 12.2 Å². The van der Waals surface area contributed by atoms with Gasteiger partial charge in [-0.25, -0.2) is 4.79 Å². The smallest absolute Gasteiger partial charge is 0.350 e. The molecule has 1 N–H and O–H groups in total. The van der Waals surface area contributed by atoms with Crippen LogP contribution in [0, 0.1) is 11.3 Å². The lowest BCUT2D eigenvalue weighted by molar-refractivity contribution is -0.138. The molecule has 22 heavy (non-hydrogen) atoms. The van der Waals surface area contributed by atoms with Gasteiger partial charge < -0.3 is 10.1 Å². The quantitative estimate of drug-likeness (QED) is 0.223. The number of rotatable bonds is 14. The number of hydrogen-bond acceptors (Lipinski definition) is 4. The number of carbonyl (C=O) groups excluding carboxylic acids is 1. The van der Waals surface area contributed by atoms with Crippen LogP contribution in [0.1, 0.15) is 78.1 Å². The van der Waals surface area contributed by atoms with Crippen molar-refractivity contribution in [2.45, 2.75) is 78.1 Å². The largest absolute Gasteiger partial charge is 0.462 e. The van der Waals surface area contributed by atoms with E-state index in [0.717, 1.165) is 25.8 Å². The summed E-state index contributed by atoms with van der Waals surface area (Å²) in [7, 11) is 0. The van der Waals surface area contributed by atoms with E-state index in [1.165, 1.54) is 51.1 Å². The second kappa shape index (κ2) is 15.9. The summed E-state index contributed by atoms with van der Waals surface area (Å²) in [5.41, 5.74) is 0.0515. The van der Waals surface area contributed by atoms with Crippen molar-refractivity contribution in [1.29, 1.82) is 5.26 Å². The molecule has 0 aromatic rings. The van der Waals surface area contributed by atoms with Gasteiger partial charge in [-0.05, 0) is 12.8 Å². The second-order valence-corrected chi connectivity index (χ2v) is 5.59. The molecule has 0 heterocycles. The van der Waals surface area contributed by atoms with Crippen molar-refractivity contribution in [1.82, 2.24) is 5.32 Å². The van der Waals surface area contributed by atoms with E-state index < -0.39 is 5.97 Å². The number of carbonyl (C=O) groups is 1. The number of hydrogen-bond donors (Lipinski definition) is 1. The summed E-state index contributed by atoms with van der Waals surface area (Å²) in [6, 6.07) is 1.88. The van der Waals surface area contributed by atoms with Gasteiger partial charge in [0.25, 0.3) is 0 Å². The molecule has 0 rings (SSSR count). The Hall–Kier alpha value is -1.50. The highest BCUT2D eigenvalue weighted by molar-refractivity contribution is 5.92. The Balaban J connectivity index is 3.63. The fourth-order valence-electron chi connectivity index (χ4n) is 2.06. The fourth-order valence-corrected chi connectivity index (χ4v) is 2.06. The zero-order chi connectivity index (χ0) is 16.5. The maximum absolute atomic E-state index is 11.6. The van der Waals surface area contributed by atoms with Gasteiger partial charge >= 0.3 is 5.97 Å². The van der Waals surface area contributed by atoms with E-state index in [0.29, 0.717) is 6.61 Å². The monoisotopic (exact) mass is 308 g/mol. The Morgan fingerprint density at radius 1 is 1.00 bits per heavy atom. The third-order valence-corrected chi connectivity index (χ3v) is 3.49. The highest BCUT2D eigenvalue weighted by Crippen LogP contribution is 2.08. The molecule has 0 aromatic carbocycles. The van der Waals surface area contributed by atoms with Gasteiger partial charge in [0.1, 0.15) is 6.07 Å². The number of nitrogens with zero attached hydrogens (tertiary/aromatic N) is 1. The van der Waals surface area contributed by atoms with Gasteiger partial charge in [0.05, 0.1) is 6.61 Å². The Bertz CT molecular complexity index is 345. The van der Waals surface area contributed by atoms with Gasteiger partial charge in [-0.2, -0.15) is 5.26 Å². The second-order valence-electron chi connectivity index (χ2n) is 5.59. The van der Waals surface area contributed by atoms with Crippen molar-refractivity contribution in [3.8, 4) is 6.07 Å². The Kier molecular flexibility index (Phi) is 14.8. The SMILES string of the molecule is CCCCCCCCCCN/C=C(\C#N)C(=O)OCCCC. The lowest BCUT2D eigenvalue weighted by atomic mass is 10.1. The maximum Gasteiger partial charge on any atom is 0.350 e. The Labute approximate surface area is 135 Å². The van der Waals surface area contributed by atoms with E-state index >= 15 is 0 Å². The van der Waals surface area contributed by atoms with Crippen molar-refractivity contribution >= 4 is 5.97 Å². The molecule has 0 saturated heterocycles. The van der Waals surface area contributed by atoms with Gasteiger partial charge in [-0.3, -0.25) is 0 Å². The van der Waals surface area contributed by atoms with Crippen molar-refractivity contribution in [3.63, 3.8) is 0 Å². The van der Waals surface area contributed by atoms with E-state index in [1.807, 2.05) is 13.0 Å². The van der Waals surface area contributed by atoms with Crippen LogP contribution in [0.3, 0.4) is 0 Å². The highest BCUT2D eigenvalue weighted by Gasteiger charge is 2.09. The van der Waals surface area contributed by atoms with Gasteiger partial charge in [0, 0.05) is 12.7 Å². The van der Waals surface area contributed by atoms with Crippen molar-refractivity contribution in [3.05, 3.63) is 11.8 Å². The van der Waals surface area contributed by atoms with Crippen LogP contribution in [-0.2, 0) is 9.53 Å². The summed E-state index contributed by atoms with van der Waals surface area (Å²) in [6.07, 6.45) is 13.4. The highest BCUT2D eigenvalue weighted by atomic mass is 16.5. The normalized spacial score (nSPS) is 11.0. The van der Waals surface area contributed by atoms with E-state index in [4.69, 9.17) is 10.00 Å². The molecule has 0 fully saturated rings. The van der Waals surface area contributed by atoms with Crippen LogP contribution in [0.4, 0.5) is 0 Å². The molecule has 0 amide bonds. The summed E-state index contributed by atoms with van der Waals surface area (Å²) in [6.45, 7) is 5.43. The van der Waals surface area contributed by atoms with Crippen LogP contribution in [0.5, 0.6) is 0 Å². The summed E-state index contributed by atoms with van der Waals surface area (Å²) < 4.78 is 5.01. The number of esters is 1. The summed E-state index contributed by atoms with van der Waals surface area (Å²) >= 11 is 0. The summed E-state index contributed by atoms with van der Waals surface area (Å²) in [5.74, 6) is -0.528. The van der Waals surface area contributed by atoms with Crippen LogP contribution < -0.4 is 5.32 Å². The first-order chi connectivity index (χ1) is 10.8. The molecule has 0 aliphatic heterocycles. The van der Waals surface area contributed by atoms with Crippen molar-refractivity contribution in [2.24, 2.45) is 0 Å². The minimum atomic E-state index is -0.528. The van der Waals surface area contributed by atoms with E-state index in [-0.39, 0.29) is 5.57 Å². The predicted octanol–water partition coefficient (Wildman–Crippen LogP) is 4.47. The van der Waals surface area contributed by atoms with Crippen molar-refractivity contribution in [2.75, 3.05) is 13.2 Å². The molecular formula is C18H32N2O2. The fraction of sp³-hybridized carbons (Fsp3) is 0.778. The minimum Gasteiger partial charge on any atom is -0.462 e. The topological polar surface area (TPSA) is 62.1 Å². The summed E-state index contributed by atoms with van der Waals surface area (Å²) in [5, 5.41) is 12.0. The number of nitriles is 1. The Morgan fingerprint density at radius 2 is 1.59 bits per heavy atom. The number of unbranched alkanes of at least 4 members (excludes halogenated alkanes) is 8. The lowest BCUT2D eigenvalue weighted by Gasteiger charge is -2.04. The minimum absolute atomic E-state index is 0.0515. The average Bonchev–Trinajstić information content (AvgIpc) is 2.53. The van der Waals surface area contributed by atoms with Crippen LogP contribution in [0.15, 0.2) is 11.8 Å². The van der Waals surface area contributed by atoms with Crippen LogP contribution in [0.2, 0.25) is 0 Å². The molecular weight excluding hydrogens is 276 g/mol. The molecule has 0 radical (unpaired) electrons. The Morgan fingerprint density at radius 3 is 2.18 bits per heavy atom. The van der Waals surface area contributed by atoms with Gasteiger partial charge in [0.15, 0.2) is 5.57 Å². The average molecular weight is 308 g/mol. The standard InChI is InChI=1S/C18H32N2O2/c1-3-5-7-8-9-10-11-12-13-20-16-17(15-19)18(21)22-14-6-4-2/h16,20H,3-14H2,1-2H3/b17-16+. The molecule has 4 heteroatoms. The molecule has 4 nitrogen and oxygen atoms in total. The number of nitrogens with one attached hydrogen (secondary N) is 1. The predicted molar refractivity (Wildman–Crippen MR) is 90.2 cm³/mol. The molecule has 0 aromatic heterocycles. The van der Waals surface area contributed by atoms with Crippen molar-refractivity contribution < 1.29 is 9.53 Å². The molecule has 0 aliphatic rings. The van der Waals surface area contributed by atoms with Gasteiger partial charge in [0.2, 0.25) is 0 Å². The molecule has 0 saturated carbocycles. The molecule has 0 bridgehead atoms. The molecule has 0 unspecified atom stereocenters. The summed E-state index contributed by atoms with van der Waals surface area (Å²) in [4.78, 5) is 11.6. The van der Waals surface area contributed by atoms with E-state index in [9.17, 15) is 4.79 Å². The first-order valence-corrected chi connectivity index (χ1v) is 8.77. The zero-order valence-corrected chi connectivity index (χ0v) is 14.3. The molecule has 126 valence electrons. The number of ether oxygens (including phenoxy) is 1. The van der Waals surface area contributed by atoms with Crippen LogP contribution in [0.25, 0.3) is 0 Å². The first-order valence-electron chi connectivity index (χ1n) is 8.77. The molecule has 0 spiro atoms. The van der Waals surface area contributed by atoms with Gasteiger partial charge in [-0.1, -0.05) is 65.2 Å². The third kappa shape index (κ3) is 12.3. The zero-order valence-electron chi connectivity index (χ0n) is 14.3. The molecule has 0 aliphatic carbocycles. The van der Waals surface area contributed by atoms with Gasteiger partial charge in [-0.15, -0.1) is 0 Å². The van der Waals surface area contributed by atoms with E-state index in [1.54, 1.807) is 0 Å². The lowest BCUT2D eigenvalue weighted by Crippen LogP contribution is -2.13. The van der Waals surface area contributed by atoms with Crippen LogP contribution in [-0.4, -0.2) is 19.1 Å². The maximum atomic E-state index is 11.6.